The van der Waals surface area contributed by atoms with Crippen LogP contribution in [0, 0.1) is 11.2 Å². The molecule has 0 radical (unpaired) electrons. The van der Waals surface area contributed by atoms with Crippen molar-refractivity contribution in [2.24, 2.45) is 5.41 Å². The maximum atomic E-state index is 13.1. The minimum absolute atomic E-state index is 0.0642. The van der Waals surface area contributed by atoms with Gasteiger partial charge < -0.3 is 10.6 Å². The molecule has 6 nitrogen and oxygen atoms in total. The smallest absolute Gasteiger partial charge is 0.322 e. The Morgan fingerprint density at radius 2 is 1.88 bits per heavy atom. The number of amides is 4. The molecule has 0 saturated carbocycles. The van der Waals surface area contributed by atoms with E-state index in [1.807, 2.05) is 20.8 Å². The molecule has 2 atom stereocenters. The van der Waals surface area contributed by atoms with Gasteiger partial charge in [-0.3, -0.25) is 14.9 Å². The number of carbonyl (C=O) groups is 3. The predicted molar refractivity (Wildman–Crippen MR) is 86.4 cm³/mol. The SMILES string of the molecule is CC(C)(C)C[C@H](NC(=O)C[C@@H]1NC(=O)NC1=O)c1ccc(F)cc1. The second kappa shape index (κ2) is 6.98. The van der Waals surface area contributed by atoms with Gasteiger partial charge in [-0.25, -0.2) is 9.18 Å². The molecule has 4 amide bonds. The molecule has 3 N–H and O–H groups in total. The van der Waals surface area contributed by atoms with Crippen LogP contribution in [0.5, 0.6) is 0 Å². The maximum Gasteiger partial charge on any atom is 0.322 e. The quantitative estimate of drug-likeness (QED) is 0.720. The molecule has 0 bridgehead atoms. The average Bonchev–Trinajstić information content (AvgIpc) is 2.75. The number of urea groups is 1. The third-order valence-electron chi connectivity index (χ3n) is 3.67. The van der Waals surface area contributed by atoms with E-state index >= 15 is 0 Å². The molecule has 0 unspecified atom stereocenters. The minimum Gasteiger partial charge on any atom is -0.349 e. The van der Waals surface area contributed by atoms with Crippen LogP contribution in [0.25, 0.3) is 0 Å². The molecular formula is C17H22FN3O3. The summed E-state index contributed by atoms with van der Waals surface area (Å²) < 4.78 is 13.1. The standard InChI is InChI=1S/C17H22FN3O3/c1-17(2,3)9-13(10-4-6-11(18)7-5-10)19-14(22)8-12-15(23)21-16(24)20-12/h4-7,12-13H,8-9H2,1-3H3,(H,19,22)(H2,20,21,23,24)/t12-,13-/m0/s1. The number of rotatable bonds is 5. The number of carbonyl (C=O) groups excluding carboxylic acids is 3. The van der Waals surface area contributed by atoms with Crippen molar-refractivity contribution in [3.63, 3.8) is 0 Å². The van der Waals surface area contributed by atoms with E-state index in [1.54, 1.807) is 12.1 Å². The van der Waals surface area contributed by atoms with Gasteiger partial charge in [-0.15, -0.1) is 0 Å². The molecule has 7 heteroatoms. The van der Waals surface area contributed by atoms with Crippen LogP contribution in [0.1, 0.15) is 45.2 Å². The van der Waals surface area contributed by atoms with Crippen molar-refractivity contribution < 1.29 is 18.8 Å². The number of benzene rings is 1. The fourth-order valence-electron chi connectivity index (χ4n) is 2.60. The topological polar surface area (TPSA) is 87.3 Å². The molecular weight excluding hydrogens is 313 g/mol. The van der Waals surface area contributed by atoms with Crippen LogP contribution in [0.3, 0.4) is 0 Å². The summed E-state index contributed by atoms with van der Waals surface area (Å²) in [6.45, 7) is 6.13. The van der Waals surface area contributed by atoms with Crippen LogP contribution < -0.4 is 16.0 Å². The third-order valence-corrected chi connectivity index (χ3v) is 3.67. The fraction of sp³-hybridized carbons (Fsp3) is 0.471. The Morgan fingerprint density at radius 3 is 2.38 bits per heavy atom. The Hall–Kier alpha value is -2.44. The van der Waals surface area contributed by atoms with E-state index in [4.69, 9.17) is 0 Å². The van der Waals surface area contributed by atoms with E-state index < -0.39 is 18.0 Å². The van der Waals surface area contributed by atoms with Gasteiger partial charge in [-0.05, 0) is 29.5 Å². The van der Waals surface area contributed by atoms with Crippen LogP contribution in [0.4, 0.5) is 9.18 Å². The Balaban J connectivity index is 2.07. The molecule has 2 rings (SSSR count). The lowest BCUT2D eigenvalue weighted by atomic mass is 9.85. The van der Waals surface area contributed by atoms with E-state index in [1.165, 1.54) is 12.1 Å². The van der Waals surface area contributed by atoms with Crippen LogP contribution >= 0.6 is 0 Å². The van der Waals surface area contributed by atoms with Crippen molar-refractivity contribution in [3.05, 3.63) is 35.6 Å². The van der Waals surface area contributed by atoms with Gasteiger partial charge in [0.1, 0.15) is 11.9 Å². The lowest BCUT2D eigenvalue weighted by Crippen LogP contribution is -2.38. The second-order valence-electron chi connectivity index (χ2n) is 7.16. The molecule has 1 fully saturated rings. The van der Waals surface area contributed by atoms with Crippen LogP contribution in [-0.2, 0) is 9.59 Å². The third kappa shape index (κ3) is 5.04. The Labute approximate surface area is 140 Å². The average molecular weight is 335 g/mol. The normalized spacial score (nSPS) is 18.8. The van der Waals surface area contributed by atoms with E-state index in [2.05, 4.69) is 16.0 Å². The molecule has 0 aliphatic carbocycles. The van der Waals surface area contributed by atoms with Crippen LogP contribution in [-0.4, -0.2) is 23.9 Å². The van der Waals surface area contributed by atoms with Crippen molar-refractivity contribution in [2.75, 3.05) is 0 Å². The summed E-state index contributed by atoms with van der Waals surface area (Å²) in [5, 5.41) is 7.36. The maximum absolute atomic E-state index is 13.1. The van der Waals surface area contributed by atoms with Gasteiger partial charge in [0, 0.05) is 0 Å². The summed E-state index contributed by atoms with van der Waals surface area (Å²) in [4.78, 5) is 34.9. The molecule has 1 saturated heterocycles. The van der Waals surface area contributed by atoms with Gasteiger partial charge in [0.15, 0.2) is 0 Å². The zero-order chi connectivity index (χ0) is 17.9. The molecule has 0 spiro atoms. The first-order valence-corrected chi connectivity index (χ1v) is 7.80. The zero-order valence-corrected chi connectivity index (χ0v) is 14.0. The van der Waals surface area contributed by atoms with Crippen LogP contribution in [0.15, 0.2) is 24.3 Å². The first kappa shape index (κ1) is 17.9. The molecule has 1 aromatic rings. The highest BCUT2D eigenvalue weighted by atomic mass is 19.1. The number of nitrogens with one attached hydrogen (secondary N) is 3. The lowest BCUT2D eigenvalue weighted by molar-refractivity contribution is -0.127. The summed E-state index contributed by atoms with van der Waals surface area (Å²) in [7, 11) is 0. The Kier molecular flexibility index (Phi) is 5.21. The van der Waals surface area contributed by atoms with Crippen molar-refractivity contribution >= 4 is 17.8 Å². The molecule has 1 aromatic carbocycles. The van der Waals surface area contributed by atoms with Crippen molar-refractivity contribution in [3.8, 4) is 0 Å². The number of hydrogen-bond donors (Lipinski definition) is 3. The summed E-state index contributed by atoms with van der Waals surface area (Å²) in [5.74, 6) is -1.20. The Bertz CT molecular complexity index is 637. The minimum atomic E-state index is -0.860. The highest BCUT2D eigenvalue weighted by Gasteiger charge is 2.32. The van der Waals surface area contributed by atoms with Gasteiger partial charge in [-0.2, -0.15) is 0 Å². The summed E-state index contributed by atoms with van der Waals surface area (Å²) in [6, 6.07) is 4.21. The first-order valence-electron chi connectivity index (χ1n) is 7.80. The van der Waals surface area contributed by atoms with Gasteiger partial charge in [0.2, 0.25) is 5.91 Å². The first-order chi connectivity index (χ1) is 11.1. The predicted octanol–water partition coefficient (Wildman–Crippen LogP) is 2.02. The number of hydrogen-bond acceptors (Lipinski definition) is 3. The number of halogens is 1. The van der Waals surface area contributed by atoms with Gasteiger partial charge >= 0.3 is 6.03 Å². The number of imide groups is 1. The molecule has 0 aromatic heterocycles. The zero-order valence-electron chi connectivity index (χ0n) is 14.0. The molecule has 1 heterocycles. The fourth-order valence-corrected chi connectivity index (χ4v) is 2.60. The Morgan fingerprint density at radius 1 is 1.25 bits per heavy atom. The highest BCUT2D eigenvalue weighted by molar-refractivity contribution is 6.05. The van der Waals surface area contributed by atoms with Crippen molar-refractivity contribution in [1.29, 1.82) is 0 Å². The summed E-state index contributed by atoms with van der Waals surface area (Å²) in [6.07, 6.45) is 0.507. The van der Waals surface area contributed by atoms with E-state index in [0.717, 1.165) is 5.56 Å². The van der Waals surface area contributed by atoms with E-state index in [-0.39, 0.29) is 29.6 Å². The largest absolute Gasteiger partial charge is 0.349 e. The van der Waals surface area contributed by atoms with Gasteiger partial charge in [-0.1, -0.05) is 32.9 Å². The van der Waals surface area contributed by atoms with Gasteiger partial charge in [0.05, 0.1) is 12.5 Å². The van der Waals surface area contributed by atoms with Crippen LogP contribution in [0.2, 0.25) is 0 Å². The molecule has 24 heavy (non-hydrogen) atoms. The second-order valence-corrected chi connectivity index (χ2v) is 7.16. The summed E-state index contributed by atoms with van der Waals surface area (Å²) >= 11 is 0. The molecule has 130 valence electrons. The van der Waals surface area contributed by atoms with E-state index in [9.17, 15) is 18.8 Å². The molecule has 1 aliphatic rings. The van der Waals surface area contributed by atoms with Gasteiger partial charge in [0.25, 0.3) is 5.91 Å². The monoisotopic (exact) mass is 335 g/mol. The highest BCUT2D eigenvalue weighted by Crippen LogP contribution is 2.29. The van der Waals surface area contributed by atoms with Crippen molar-refractivity contribution in [2.45, 2.75) is 45.7 Å². The molecule has 1 aliphatic heterocycles. The lowest BCUT2D eigenvalue weighted by Gasteiger charge is -2.27. The van der Waals surface area contributed by atoms with Crippen molar-refractivity contribution in [1.82, 2.24) is 16.0 Å². The summed E-state index contributed by atoms with van der Waals surface area (Å²) in [5.41, 5.74) is 0.727. The van der Waals surface area contributed by atoms with E-state index in [0.29, 0.717) is 6.42 Å².